The largest absolute Gasteiger partial charge is 0.466 e. The highest BCUT2D eigenvalue weighted by atomic mass is 32.1. The van der Waals surface area contributed by atoms with Crippen LogP contribution in [0.4, 0.5) is 0 Å². The van der Waals surface area contributed by atoms with Crippen LogP contribution in [0.15, 0.2) is 4.79 Å². The highest BCUT2D eigenvalue weighted by Crippen LogP contribution is 2.29. The summed E-state index contributed by atoms with van der Waals surface area (Å²) in [5, 5.41) is 0.486. The fourth-order valence-electron chi connectivity index (χ4n) is 3.18. The topological polar surface area (TPSA) is 92.4 Å². The number of likely N-dealkylation sites (tertiary alicyclic amines) is 1. The van der Waals surface area contributed by atoms with Crippen LogP contribution < -0.4 is 5.56 Å². The van der Waals surface area contributed by atoms with Gasteiger partial charge in [-0.1, -0.05) is 0 Å². The maximum Gasteiger partial charge on any atom is 0.309 e. The Morgan fingerprint density at radius 3 is 2.64 bits per heavy atom. The van der Waals surface area contributed by atoms with Crippen LogP contribution in [-0.4, -0.2) is 46.4 Å². The van der Waals surface area contributed by atoms with Crippen molar-refractivity contribution in [1.82, 2.24) is 14.9 Å². The molecule has 0 aliphatic carbocycles. The van der Waals surface area contributed by atoms with Gasteiger partial charge in [-0.3, -0.25) is 14.4 Å². The van der Waals surface area contributed by atoms with E-state index < -0.39 is 0 Å². The van der Waals surface area contributed by atoms with E-state index >= 15 is 0 Å². The average molecular weight is 363 g/mol. The summed E-state index contributed by atoms with van der Waals surface area (Å²) >= 11 is 1.26. The van der Waals surface area contributed by atoms with Crippen LogP contribution in [0, 0.1) is 19.8 Å². The smallest absolute Gasteiger partial charge is 0.309 e. The van der Waals surface area contributed by atoms with Crippen LogP contribution in [0.3, 0.4) is 0 Å². The van der Waals surface area contributed by atoms with Crippen molar-refractivity contribution in [1.29, 1.82) is 0 Å². The number of carbonyl (C=O) groups excluding carboxylic acids is 2. The molecule has 0 spiro atoms. The van der Waals surface area contributed by atoms with Crippen molar-refractivity contribution in [3.63, 3.8) is 0 Å². The van der Waals surface area contributed by atoms with Crippen molar-refractivity contribution in [2.75, 3.05) is 19.7 Å². The lowest BCUT2D eigenvalue weighted by Crippen LogP contribution is -2.40. The third-order valence-electron chi connectivity index (χ3n) is 4.52. The molecule has 2 aromatic heterocycles. The third-order valence-corrected chi connectivity index (χ3v) is 5.69. The summed E-state index contributed by atoms with van der Waals surface area (Å²) in [5.41, 5.74) is 0.461. The van der Waals surface area contributed by atoms with Gasteiger partial charge in [-0.2, -0.15) is 0 Å². The molecule has 1 fully saturated rings. The normalized spacial score (nSPS) is 15.6. The van der Waals surface area contributed by atoms with Crippen molar-refractivity contribution >= 4 is 33.4 Å². The molecule has 1 aliphatic heterocycles. The lowest BCUT2D eigenvalue weighted by atomic mass is 9.97. The van der Waals surface area contributed by atoms with Crippen LogP contribution in [0.25, 0.3) is 10.2 Å². The predicted octanol–water partition coefficient (Wildman–Crippen LogP) is 2.02. The fraction of sp³-hybridized carbons (Fsp3) is 0.529. The van der Waals surface area contributed by atoms with E-state index in [9.17, 15) is 14.4 Å². The first-order valence-corrected chi connectivity index (χ1v) is 9.20. The van der Waals surface area contributed by atoms with Gasteiger partial charge in [0.1, 0.15) is 10.7 Å². The second-order valence-corrected chi connectivity index (χ2v) is 7.21. The second kappa shape index (κ2) is 6.95. The Labute approximate surface area is 149 Å². The first-order chi connectivity index (χ1) is 11.9. The zero-order valence-electron chi connectivity index (χ0n) is 14.5. The average Bonchev–Trinajstić information content (AvgIpc) is 2.91. The Hall–Kier alpha value is -2.22. The number of piperidine rings is 1. The standard InChI is InChI=1S/C17H21N3O4S/c1-4-24-17(23)11-5-7-20(8-6-11)16(22)13-9(2)12-14(21)18-10(3)19-15(12)25-13/h11H,4-8H2,1-3H3,(H,18,19,21). The molecule has 1 N–H and O–H groups in total. The molecule has 0 unspecified atom stereocenters. The number of H-pyrrole nitrogens is 1. The number of thiophene rings is 1. The summed E-state index contributed by atoms with van der Waals surface area (Å²) in [6.45, 7) is 6.69. The minimum atomic E-state index is -0.212. The molecule has 0 aromatic carbocycles. The van der Waals surface area contributed by atoms with E-state index in [1.165, 1.54) is 11.3 Å². The van der Waals surface area contributed by atoms with Crippen molar-refractivity contribution in [3.8, 4) is 0 Å². The predicted molar refractivity (Wildman–Crippen MR) is 95.0 cm³/mol. The van der Waals surface area contributed by atoms with Crippen molar-refractivity contribution in [2.24, 2.45) is 5.92 Å². The molecule has 8 heteroatoms. The van der Waals surface area contributed by atoms with Crippen LogP contribution in [0.1, 0.15) is 40.8 Å². The molecular formula is C17H21N3O4S. The molecule has 7 nitrogen and oxygen atoms in total. The van der Waals surface area contributed by atoms with Crippen molar-refractivity contribution in [3.05, 3.63) is 26.6 Å². The molecule has 134 valence electrons. The van der Waals surface area contributed by atoms with E-state index in [1.54, 1.807) is 25.7 Å². The minimum Gasteiger partial charge on any atom is -0.466 e. The van der Waals surface area contributed by atoms with Crippen LogP contribution in [0.5, 0.6) is 0 Å². The molecule has 3 rings (SSSR count). The summed E-state index contributed by atoms with van der Waals surface area (Å²) in [7, 11) is 0. The van der Waals surface area contributed by atoms with Gasteiger partial charge in [0.05, 0.1) is 22.8 Å². The van der Waals surface area contributed by atoms with E-state index in [-0.39, 0.29) is 23.4 Å². The summed E-state index contributed by atoms with van der Waals surface area (Å²) in [5.74, 6) is 0.117. The SMILES string of the molecule is CCOC(=O)C1CCN(C(=O)c2sc3nc(C)[nH]c(=O)c3c2C)CC1. The first kappa shape index (κ1) is 17.6. The molecule has 1 amide bonds. The van der Waals surface area contributed by atoms with Crippen molar-refractivity contribution < 1.29 is 14.3 Å². The number of aromatic amines is 1. The van der Waals surface area contributed by atoms with Gasteiger partial charge >= 0.3 is 5.97 Å². The first-order valence-electron chi connectivity index (χ1n) is 8.38. The van der Waals surface area contributed by atoms with Gasteiger partial charge in [0.25, 0.3) is 11.5 Å². The number of amides is 1. The highest BCUT2D eigenvalue weighted by molar-refractivity contribution is 7.20. The second-order valence-electron chi connectivity index (χ2n) is 6.21. The molecule has 2 aromatic rings. The number of ether oxygens (including phenoxy) is 1. The number of nitrogens with zero attached hydrogens (tertiary/aromatic N) is 2. The number of hydrogen-bond donors (Lipinski definition) is 1. The zero-order chi connectivity index (χ0) is 18.1. The number of nitrogens with one attached hydrogen (secondary N) is 1. The van der Waals surface area contributed by atoms with Gasteiger partial charge in [-0.05, 0) is 39.2 Å². The van der Waals surface area contributed by atoms with Crippen LogP contribution in [-0.2, 0) is 9.53 Å². The summed E-state index contributed by atoms with van der Waals surface area (Å²) in [4.78, 5) is 46.7. The monoisotopic (exact) mass is 363 g/mol. The molecule has 0 saturated carbocycles. The van der Waals surface area contributed by atoms with Crippen molar-refractivity contribution in [2.45, 2.75) is 33.6 Å². The van der Waals surface area contributed by atoms with Gasteiger partial charge in [-0.15, -0.1) is 11.3 Å². The number of carbonyl (C=O) groups is 2. The number of esters is 1. The van der Waals surface area contributed by atoms with Crippen LogP contribution in [0.2, 0.25) is 0 Å². The van der Waals surface area contributed by atoms with E-state index in [2.05, 4.69) is 9.97 Å². The molecule has 0 atom stereocenters. The summed E-state index contributed by atoms with van der Waals surface area (Å²) in [6, 6.07) is 0. The van der Waals surface area contributed by atoms with E-state index in [0.717, 1.165) is 0 Å². The quantitative estimate of drug-likeness (QED) is 0.842. The lowest BCUT2D eigenvalue weighted by Gasteiger charge is -2.30. The number of aromatic nitrogens is 2. The Morgan fingerprint density at radius 1 is 1.32 bits per heavy atom. The summed E-state index contributed by atoms with van der Waals surface area (Å²) < 4.78 is 5.06. The number of fused-ring (bicyclic) bond motifs is 1. The van der Waals surface area contributed by atoms with Gasteiger partial charge in [0.2, 0.25) is 0 Å². The molecule has 3 heterocycles. The van der Waals surface area contributed by atoms with E-state index in [4.69, 9.17) is 4.74 Å². The number of hydrogen-bond acceptors (Lipinski definition) is 6. The fourth-order valence-corrected chi connectivity index (χ4v) is 4.37. The number of aryl methyl sites for hydroxylation is 2. The van der Waals surface area contributed by atoms with Gasteiger partial charge < -0.3 is 14.6 Å². The zero-order valence-corrected chi connectivity index (χ0v) is 15.4. The summed E-state index contributed by atoms with van der Waals surface area (Å²) in [6.07, 6.45) is 1.21. The minimum absolute atomic E-state index is 0.0974. The van der Waals surface area contributed by atoms with E-state index in [0.29, 0.717) is 59.0 Å². The van der Waals surface area contributed by atoms with Crippen LogP contribution >= 0.6 is 11.3 Å². The third kappa shape index (κ3) is 3.30. The van der Waals surface area contributed by atoms with Gasteiger partial charge in [0.15, 0.2) is 0 Å². The Morgan fingerprint density at radius 2 is 2.00 bits per heavy atom. The molecule has 25 heavy (non-hydrogen) atoms. The maximum absolute atomic E-state index is 12.9. The molecule has 0 bridgehead atoms. The lowest BCUT2D eigenvalue weighted by molar-refractivity contribution is -0.149. The van der Waals surface area contributed by atoms with E-state index in [1.807, 2.05) is 0 Å². The molecule has 0 radical (unpaired) electrons. The number of rotatable bonds is 3. The maximum atomic E-state index is 12.9. The Bertz CT molecular complexity index is 878. The van der Waals surface area contributed by atoms with Gasteiger partial charge in [-0.25, -0.2) is 4.98 Å². The Balaban J connectivity index is 1.80. The Kier molecular flexibility index (Phi) is 4.89. The molecular weight excluding hydrogens is 342 g/mol. The molecule has 1 aliphatic rings. The molecule has 1 saturated heterocycles. The highest BCUT2D eigenvalue weighted by Gasteiger charge is 2.30. The van der Waals surface area contributed by atoms with Gasteiger partial charge in [0, 0.05) is 13.1 Å².